The summed E-state index contributed by atoms with van der Waals surface area (Å²) < 4.78 is 11.7. The molecule has 1 aliphatic carbocycles. The Morgan fingerprint density at radius 3 is 2.55 bits per heavy atom. The monoisotopic (exact) mass is 304 g/mol. The van der Waals surface area contributed by atoms with E-state index in [1.807, 2.05) is 18.2 Å². The molecule has 0 heterocycles. The van der Waals surface area contributed by atoms with E-state index in [4.69, 9.17) is 9.47 Å². The number of ketones is 1. The van der Waals surface area contributed by atoms with Crippen molar-refractivity contribution in [1.82, 2.24) is 0 Å². The fourth-order valence-corrected chi connectivity index (χ4v) is 3.76. The standard InChI is InChI=1S/C19H28O3/c1-14(20)16-10-11-19(2,3)18(21-4)17(16)13-22-12-15-8-6-5-7-9-15/h5-9,16-18H,10-13H2,1-4H3/t16-,17-,18+/m0/s1. The second kappa shape index (κ2) is 7.38. The minimum atomic E-state index is 0.0498. The molecule has 1 saturated carbocycles. The lowest BCUT2D eigenvalue weighted by molar-refractivity contribution is -0.141. The Hall–Kier alpha value is -1.19. The molecule has 0 N–H and O–H groups in total. The number of ether oxygens (including phenoxy) is 2. The maximum atomic E-state index is 12.0. The zero-order valence-electron chi connectivity index (χ0n) is 14.2. The van der Waals surface area contributed by atoms with Gasteiger partial charge in [-0.3, -0.25) is 4.79 Å². The van der Waals surface area contributed by atoms with Gasteiger partial charge in [-0.15, -0.1) is 0 Å². The average molecular weight is 304 g/mol. The van der Waals surface area contributed by atoms with Gasteiger partial charge in [0.2, 0.25) is 0 Å². The van der Waals surface area contributed by atoms with Gasteiger partial charge in [0.05, 0.1) is 19.3 Å². The van der Waals surface area contributed by atoms with Crippen molar-refractivity contribution < 1.29 is 14.3 Å². The third-order valence-corrected chi connectivity index (χ3v) is 4.97. The smallest absolute Gasteiger partial charge is 0.133 e. The second-order valence-electron chi connectivity index (χ2n) is 7.07. The van der Waals surface area contributed by atoms with Crippen molar-refractivity contribution in [2.45, 2.75) is 46.3 Å². The van der Waals surface area contributed by atoms with Crippen molar-refractivity contribution in [2.75, 3.05) is 13.7 Å². The van der Waals surface area contributed by atoms with Crippen LogP contribution in [0.4, 0.5) is 0 Å². The number of benzene rings is 1. The van der Waals surface area contributed by atoms with Crippen LogP contribution in [0.5, 0.6) is 0 Å². The number of Topliss-reactive ketones (excluding diaryl/α,β-unsaturated/α-hetero) is 1. The predicted molar refractivity (Wildman–Crippen MR) is 87.6 cm³/mol. The highest BCUT2D eigenvalue weighted by atomic mass is 16.5. The molecule has 0 saturated heterocycles. The normalized spacial score (nSPS) is 27.5. The summed E-state index contributed by atoms with van der Waals surface area (Å²) in [4.78, 5) is 12.0. The van der Waals surface area contributed by atoms with Gasteiger partial charge in [0.1, 0.15) is 5.78 Å². The maximum Gasteiger partial charge on any atom is 0.133 e. The van der Waals surface area contributed by atoms with Crippen LogP contribution in [0.1, 0.15) is 39.2 Å². The Kier molecular flexibility index (Phi) is 5.76. The molecule has 1 aliphatic rings. The number of methoxy groups -OCH3 is 1. The molecule has 0 bridgehead atoms. The van der Waals surface area contributed by atoms with Gasteiger partial charge in [-0.1, -0.05) is 44.2 Å². The van der Waals surface area contributed by atoms with Crippen LogP contribution in [0.25, 0.3) is 0 Å². The van der Waals surface area contributed by atoms with Crippen LogP contribution in [0.15, 0.2) is 30.3 Å². The van der Waals surface area contributed by atoms with E-state index in [1.165, 1.54) is 0 Å². The average Bonchev–Trinajstić information content (AvgIpc) is 2.47. The molecule has 3 atom stereocenters. The van der Waals surface area contributed by atoms with Crippen molar-refractivity contribution in [1.29, 1.82) is 0 Å². The zero-order valence-corrected chi connectivity index (χ0v) is 14.2. The molecule has 1 fully saturated rings. The minimum Gasteiger partial charge on any atom is -0.380 e. The molecule has 0 radical (unpaired) electrons. The Bertz CT molecular complexity index is 481. The van der Waals surface area contributed by atoms with Crippen LogP contribution in [0.2, 0.25) is 0 Å². The van der Waals surface area contributed by atoms with Gasteiger partial charge in [-0.25, -0.2) is 0 Å². The van der Waals surface area contributed by atoms with E-state index in [9.17, 15) is 4.79 Å². The van der Waals surface area contributed by atoms with Crippen molar-refractivity contribution >= 4 is 5.78 Å². The largest absolute Gasteiger partial charge is 0.380 e. The van der Waals surface area contributed by atoms with E-state index in [-0.39, 0.29) is 29.1 Å². The molecule has 3 heteroatoms. The quantitative estimate of drug-likeness (QED) is 0.800. The summed E-state index contributed by atoms with van der Waals surface area (Å²) in [5.74, 6) is 0.439. The van der Waals surface area contributed by atoms with Gasteiger partial charge in [0.25, 0.3) is 0 Å². The summed E-state index contributed by atoms with van der Waals surface area (Å²) in [7, 11) is 1.75. The molecule has 122 valence electrons. The molecule has 0 spiro atoms. The summed E-state index contributed by atoms with van der Waals surface area (Å²) in [6.45, 7) is 7.29. The summed E-state index contributed by atoms with van der Waals surface area (Å²) in [6.07, 6.45) is 2.01. The SMILES string of the molecule is CO[C@@H]1[C@@H](COCc2ccccc2)[C@H](C(C)=O)CCC1(C)C. The van der Waals surface area contributed by atoms with Crippen LogP contribution < -0.4 is 0 Å². The van der Waals surface area contributed by atoms with Gasteiger partial charge in [0, 0.05) is 18.9 Å². The van der Waals surface area contributed by atoms with Crippen LogP contribution in [-0.2, 0) is 20.9 Å². The molecule has 0 aromatic heterocycles. The Morgan fingerprint density at radius 2 is 1.95 bits per heavy atom. The number of hydrogen-bond acceptors (Lipinski definition) is 3. The molecular formula is C19H28O3. The van der Waals surface area contributed by atoms with Gasteiger partial charge < -0.3 is 9.47 Å². The third kappa shape index (κ3) is 3.96. The van der Waals surface area contributed by atoms with Crippen molar-refractivity contribution in [2.24, 2.45) is 17.3 Å². The molecule has 0 unspecified atom stereocenters. The highest BCUT2D eigenvalue weighted by Gasteiger charge is 2.45. The summed E-state index contributed by atoms with van der Waals surface area (Å²) in [5.41, 5.74) is 1.24. The topological polar surface area (TPSA) is 35.5 Å². The summed E-state index contributed by atoms with van der Waals surface area (Å²) in [6, 6.07) is 10.1. The number of rotatable bonds is 6. The molecule has 3 nitrogen and oxygen atoms in total. The first-order chi connectivity index (χ1) is 10.5. The first kappa shape index (κ1) is 17.2. The zero-order chi connectivity index (χ0) is 16.2. The molecule has 1 aromatic carbocycles. The van der Waals surface area contributed by atoms with Crippen LogP contribution in [0, 0.1) is 17.3 Å². The van der Waals surface area contributed by atoms with E-state index < -0.39 is 0 Å². The minimum absolute atomic E-state index is 0.0498. The van der Waals surface area contributed by atoms with Gasteiger partial charge in [-0.05, 0) is 30.7 Å². The number of carbonyl (C=O) groups is 1. The number of hydrogen-bond donors (Lipinski definition) is 0. The fourth-order valence-electron chi connectivity index (χ4n) is 3.76. The van der Waals surface area contributed by atoms with Gasteiger partial charge in [-0.2, -0.15) is 0 Å². The molecule has 22 heavy (non-hydrogen) atoms. The van der Waals surface area contributed by atoms with Gasteiger partial charge >= 0.3 is 0 Å². The predicted octanol–water partition coefficient (Wildman–Crippen LogP) is 3.86. The molecule has 0 amide bonds. The molecule has 2 rings (SSSR count). The van der Waals surface area contributed by atoms with E-state index >= 15 is 0 Å². The summed E-state index contributed by atoms with van der Waals surface area (Å²) in [5, 5.41) is 0. The highest BCUT2D eigenvalue weighted by molar-refractivity contribution is 5.78. The third-order valence-electron chi connectivity index (χ3n) is 4.97. The lowest BCUT2D eigenvalue weighted by atomic mass is 9.64. The Balaban J connectivity index is 2.03. The fraction of sp³-hybridized carbons (Fsp3) is 0.632. The first-order valence-electron chi connectivity index (χ1n) is 8.10. The lowest BCUT2D eigenvalue weighted by Gasteiger charge is -2.46. The van der Waals surface area contributed by atoms with E-state index in [1.54, 1.807) is 14.0 Å². The van der Waals surface area contributed by atoms with E-state index in [0.29, 0.717) is 13.2 Å². The molecular weight excluding hydrogens is 276 g/mol. The van der Waals surface area contributed by atoms with Crippen molar-refractivity contribution in [3.05, 3.63) is 35.9 Å². The summed E-state index contributed by atoms with van der Waals surface area (Å²) >= 11 is 0. The van der Waals surface area contributed by atoms with Gasteiger partial charge in [0.15, 0.2) is 0 Å². The van der Waals surface area contributed by atoms with Crippen LogP contribution >= 0.6 is 0 Å². The van der Waals surface area contributed by atoms with Crippen molar-refractivity contribution in [3.63, 3.8) is 0 Å². The first-order valence-corrected chi connectivity index (χ1v) is 8.10. The number of carbonyl (C=O) groups excluding carboxylic acids is 1. The van der Waals surface area contributed by atoms with Crippen LogP contribution in [-0.4, -0.2) is 25.6 Å². The lowest BCUT2D eigenvalue weighted by Crippen LogP contribution is -2.49. The van der Waals surface area contributed by atoms with Crippen LogP contribution in [0.3, 0.4) is 0 Å². The Labute approximate surface area is 134 Å². The van der Waals surface area contributed by atoms with E-state index in [0.717, 1.165) is 18.4 Å². The second-order valence-corrected chi connectivity index (χ2v) is 7.07. The van der Waals surface area contributed by atoms with E-state index in [2.05, 4.69) is 26.0 Å². The van der Waals surface area contributed by atoms with Crippen molar-refractivity contribution in [3.8, 4) is 0 Å². The Morgan fingerprint density at radius 1 is 1.27 bits per heavy atom. The molecule has 0 aliphatic heterocycles. The molecule has 1 aromatic rings. The maximum absolute atomic E-state index is 12.0. The highest BCUT2D eigenvalue weighted by Crippen LogP contribution is 2.44.